The Morgan fingerprint density at radius 3 is 2.80 bits per heavy atom. The number of thioether (sulfide) groups is 1. The first-order valence-corrected chi connectivity index (χ1v) is 9.70. The van der Waals surface area contributed by atoms with Crippen LogP contribution in [-0.2, 0) is 6.42 Å². The number of carbonyl (C=O) groups excluding carboxylic acids is 1. The summed E-state index contributed by atoms with van der Waals surface area (Å²) in [6.45, 7) is 7.76. The molecule has 0 aliphatic heterocycles. The van der Waals surface area contributed by atoms with E-state index in [0.29, 0.717) is 17.5 Å². The molecule has 0 saturated carbocycles. The number of hydrogen-bond acceptors (Lipinski definition) is 7. The lowest BCUT2D eigenvalue weighted by Gasteiger charge is -2.10. The predicted octanol–water partition coefficient (Wildman–Crippen LogP) is 4.41. The number of benzene rings is 1. The average molecular weight is 374 g/mol. The van der Waals surface area contributed by atoms with E-state index in [1.165, 1.54) is 11.8 Å². The summed E-state index contributed by atoms with van der Waals surface area (Å²) in [6.07, 6.45) is 0.511. The minimum absolute atomic E-state index is 0.0704. The molecule has 0 spiro atoms. The van der Waals surface area contributed by atoms with Crippen molar-refractivity contribution in [3.05, 3.63) is 56.9 Å². The summed E-state index contributed by atoms with van der Waals surface area (Å²) >= 11 is 2.88. The van der Waals surface area contributed by atoms with Crippen molar-refractivity contribution < 1.29 is 9.21 Å². The molecule has 2 aromatic heterocycles. The van der Waals surface area contributed by atoms with Gasteiger partial charge in [-0.25, -0.2) is 4.98 Å². The number of ketones is 1. The molecule has 0 aliphatic carbocycles. The quantitative estimate of drug-likeness (QED) is 0.471. The summed E-state index contributed by atoms with van der Waals surface area (Å²) in [5.74, 6) is 0.584. The number of aromatic nitrogens is 3. The van der Waals surface area contributed by atoms with E-state index < -0.39 is 0 Å². The smallest absolute Gasteiger partial charge is 0.277 e. The van der Waals surface area contributed by atoms with Gasteiger partial charge in [-0.3, -0.25) is 4.79 Å². The molecule has 0 saturated heterocycles. The first kappa shape index (κ1) is 17.8. The number of hydrogen-bond donors (Lipinski definition) is 0. The topological polar surface area (TPSA) is 68.9 Å². The molecule has 0 bridgehead atoms. The van der Waals surface area contributed by atoms with E-state index in [4.69, 9.17) is 4.42 Å². The van der Waals surface area contributed by atoms with Crippen LogP contribution in [0, 0.1) is 20.8 Å². The van der Waals surface area contributed by atoms with Gasteiger partial charge >= 0.3 is 0 Å². The maximum Gasteiger partial charge on any atom is 0.277 e. The van der Waals surface area contributed by atoms with Crippen molar-refractivity contribution in [2.75, 3.05) is 0 Å². The maximum atomic E-state index is 12.7. The molecule has 2 heterocycles. The standard InChI is InChI=1S/C18H19N3O2S2/c1-10-5-6-11(2)15(7-10)17(22)12(3)25-18-21-20-16(23-18)8-14-9-24-13(4)19-14/h5-7,9,12H,8H2,1-4H3/t12-/m1/s1. The molecule has 0 radical (unpaired) electrons. The summed E-state index contributed by atoms with van der Waals surface area (Å²) in [5, 5.41) is 11.2. The molecular weight excluding hydrogens is 354 g/mol. The maximum absolute atomic E-state index is 12.7. The Kier molecular flexibility index (Phi) is 5.34. The van der Waals surface area contributed by atoms with Gasteiger partial charge in [-0.2, -0.15) is 0 Å². The van der Waals surface area contributed by atoms with Gasteiger partial charge in [0.25, 0.3) is 5.22 Å². The molecule has 7 heteroatoms. The second kappa shape index (κ2) is 7.49. The van der Waals surface area contributed by atoms with Gasteiger partial charge in [-0.1, -0.05) is 29.5 Å². The van der Waals surface area contributed by atoms with Gasteiger partial charge in [0, 0.05) is 10.9 Å². The van der Waals surface area contributed by atoms with Crippen LogP contribution in [0.5, 0.6) is 0 Å². The highest BCUT2D eigenvalue weighted by molar-refractivity contribution is 8.00. The monoisotopic (exact) mass is 373 g/mol. The van der Waals surface area contributed by atoms with Crippen molar-refractivity contribution >= 4 is 28.9 Å². The number of carbonyl (C=O) groups is 1. The van der Waals surface area contributed by atoms with Crippen LogP contribution in [0.15, 0.2) is 33.2 Å². The van der Waals surface area contributed by atoms with Crippen molar-refractivity contribution in [1.82, 2.24) is 15.2 Å². The van der Waals surface area contributed by atoms with E-state index in [-0.39, 0.29) is 11.0 Å². The van der Waals surface area contributed by atoms with Gasteiger partial charge in [-0.15, -0.1) is 21.5 Å². The minimum Gasteiger partial charge on any atom is -0.416 e. The Hall–Kier alpha value is -1.99. The number of thiazole rings is 1. The van der Waals surface area contributed by atoms with E-state index in [1.54, 1.807) is 11.3 Å². The molecule has 1 atom stereocenters. The Morgan fingerprint density at radius 1 is 1.28 bits per heavy atom. The van der Waals surface area contributed by atoms with E-state index in [9.17, 15) is 4.79 Å². The van der Waals surface area contributed by atoms with Crippen LogP contribution < -0.4 is 0 Å². The van der Waals surface area contributed by atoms with Gasteiger partial charge in [0.05, 0.1) is 22.4 Å². The number of aryl methyl sites for hydroxylation is 3. The summed E-state index contributed by atoms with van der Waals surface area (Å²) in [7, 11) is 0. The van der Waals surface area contributed by atoms with Crippen molar-refractivity contribution in [3.8, 4) is 0 Å². The fraction of sp³-hybridized carbons (Fsp3) is 0.333. The third-order valence-corrected chi connectivity index (χ3v) is 5.51. The first-order valence-electron chi connectivity index (χ1n) is 7.94. The predicted molar refractivity (Wildman–Crippen MR) is 99.5 cm³/mol. The van der Waals surface area contributed by atoms with Gasteiger partial charge < -0.3 is 4.42 Å². The zero-order valence-electron chi connectivity index (χ0n) is 14.6. The molecule has 0 N–H and O–H groups in total. The second-order valence-electron chi connectivity index (χ2n) is 5.94. The third kappa shape index (κ3) is 4.35. The molecule has 3 aromatic rings. The molecule has 0 aliphatic rings. The van der Waals surface area contributed by atoms with E-state index in [0.717, 1.165) is 27.4 Å². The number of rotatable bonds is 6. The van der Waals surface area contributed by atoms with Crippen LogP contribution in [-0.4, -0.2) is 26.2 Å². The number of Topliss-reactive ketones (excluding diaryl/α,β-unsaturated/α-hetero) is 1. The van der Waals surface area contributed by atoms with Crippen LogP contribution in [0.25, 0.3) is 0 Å². The lowest BCUT2D eigenvalue weighted by atomic mass is 10.0. The SMILES string of the molecule is Cc1ccc(C)c(C(=O)[C@@H](C)Sc2nnc(Cc3csc(C)n3)o2)c1. The van der Waals surface area contributed by atoms with Crippen molar-refractivity contribution in [2.45, 2.75) is 44.6 Å². The first-order chi connectivity index (χ1) is 11.9. The Morgan fingerprint density at radius 2 is 2.08 bits per heavy atom. The van der Waals surface area contributed by atoms with E-state index in [1.807, 2.05) is 51.3 Å². The Bertz CT molecular complexity index is 901. The molecule has 1 aromatic carbocycles. The normalized spacial score (nSPS) is 12.3. The van der Waals surface area contributed by atoms with Crippen LogP contribution in [0.3, 0.4) is 0 Å². The van der Waals surface area contributed by atoms with Crippen molar-refractivity contribution in [3.63, 3.8) is 0 Å². The summed E-state index contributed by atoms with van der Waals surface area (Å²) < 4.78 is 5.66. The molecule has 5 nitrogen and oxygen atoms in total. The van der Waals surface area contributed by atoms with Gasteiger partial charge in [0.15, 0.2) is 5.78 Å². The molecule has 0 fully saturated rings. The highest BCUT2D eigenvalue weighted by Crippen LogP contribution is 2.26. The third-order valence-electron chi connectivity index (χ3n) is 3.75. The molecular formula is C18H19N3O2S2. The zero-order chi connectivity index (χ0) is 18.0. The molecule has 130 valence electrons. The second-order valence-corrected chi connectivity index (χ2v) is 8.29. The lowest BCUT2D eigenvalue weighted by molar-refractivity contribution is 0.0993. The van der Waals surface area contributed by atoms with Gasteiger partial charge in [-0.05, 0) is 39.3 Å². The van der Waals surface area contributed by atoms with Crippen LogP contribution in [0.4, 0.5) is 0 Å². The average Bonchev–Trinajstić information content (AvgIpc) is 3.18. The number of nitrogens with zero attached hydrogens (tertiary/aromatic N) is 3. The zero-order valence-corrected chi connectivity index (χ0v) is 16.2. The Balaban J connectivity index is 1.67. The van der Waals surface area contributed by atoms with Crippen molar-refractivity contribution in [1.29, 1.82) is 0 Å². The fourth-order valence-electron chi connectivity index (χ4n) is 2.43. The summed E-state index contributed by atoms with van der Waals surface area (Å²) in [4.78, 5) is 17.1. The highest BCUT2D eigenvalue weighted by Gasteiger charge is 2.21. The fourth-order valence-corrected chi connectivity index (χ4v) is 3.81. The largest absolute Gasteiger partial charge is 0.416 e. The van der Waals surface area contributed by atoms with Crippen LogP contribution in [0.1, 0.15) is 45.0 Å². The minimum atomic E-state index is -0.296. The van der Waals surface area contributed by atoms with E-state index >= 15 is 0 Å². The van der Waals surface area contributed by atoms with Gasteiger partial charge in [0.1, 0.15) is 0 Å². The lowest BCUT2D eigenvalue weighted by Crippen LogP contribution is -2.15. The van der Waals surface area contributed by atoms with E-state index in [2.05, 4.69) is 15.2 Å². The molecule has 0 unspecified atom stereocenters. The van der Waals surface area contributed by atoms with Crippen molar-refractivity contribution in [2.24, 2.45) is 0 Å². The summed E-state index contributed by atoms with van der Waals surface area (Å²) in [5.41, 5.74) is 3.72. The molecule has 0 amide bonds. The Labute approximate surface area is 154 Å². The molecule has 3 rings (SSSR count). The van der Waals surface area contributed by atoms with Gasteiger partial charge in [0.2, 0.25) is 5.89 Å². The van der Waals surface area contributed by atoms with Crippen LogP contribution in [0.2, 0.25) is 0 Å². The van der Waals surface area contributed by atoms with Crippen LogP contribution >= 0.6 is 23.1 Å². The molecule has 25 heavy (non-hydrogen) atoms. The summed E-state index contributed by atoms with van der Waals surface area (Å²) in [6, 6.07) is 5.91. The highest BCUT2D eigenvalue weighted by atomic mass is 32.2.